The second kappa shape index (κ2) is 9.78. The molecule has 28 heavy (non-hydrogen) atoms. The van der Waals surface area contributed by atoms with Crippen LogP contribution in [0.2, 0.25) is 0 Å². The Morgan fingerprint density at radius 2 is 1.64 bits per heavy atom. The van der Waals surface area contributed by atoms with Crippen molar-refractivity contribution in [3.05, 3.63) is 54.1 Å². The molecule has 0 bridgehead atoms. The zero-order chi connectivity index (χ0) is 19.8. The first-order valence-corrected chi connectivity index (χ1v) is 9.63. The highest BCUT2D eigenvalue weighted by molar-refractivity contribution is 6.03. The molecule has 1 heterocycles. The molecule has 148 valence electrons. The number of rotatable bonds is 7. The Morgan fingerprint density at radius 1 is 0.964 bits per heavy atom. The summed E-state index contributed by atoms with van der Waals surface area (Å²) in [5.41, 5.74) is 1.07. The van der Waals surface area contributed by atoms with Crippen LogP contribution in [-0.2, 0) is 4.79 Å². The molecule has 0 aliphatic carbocycles. The zero-order valence-corrected chi connectivity index (χ0v) is 16.1. The van der Waals surface area contributed by atoms with E-state index in [0.29, 0.717) is 22.7 Å². The predicted octanol–water partition coefficient (Wildman–Crippen LogP) is 3.73. The topological polar surface area (TPSA) is 67.9 Å². The first kappa shape index (κ1) is 19.7. The molecule has 0 unspecified atom stereocenters. The zero-order valence-electron chi connectivity index (χ0n) is 16.1. The third-order valence-electron chi connectivity index (χ3n) is 4.73. The van der Waals surface area contributed by atoms with Crippen molar-refractivity contribution in [3.63, 3.8) is 0 Å². The van der Waals surface area contributed by atoms with Crippen LogP contribution < -0.4 is 14.8 Å². The van der Waals surface area contributed by atoms with E-state index in [4.69, 9.17) is 9.47 Å². The van der Waals surface area contributed by atoms with Crippen LogP contribution in [0.3, 0.4) is 0 Å². The molecular formula is C22H26N2O4. The Kier molecular flexibility index (Phi) is 6.89. The highest BCUT2D eigenvalue weighted by Crippen LogP contribution is 2.26. The van der Waals surface area contributed by atoms with Crippen molar-refractivity contribution in [1.29, 1.82) is 0 Å². The number of carbonyl (C=O) groups is 2. The van der Waals surface area contributed by atoms with Crippen molar-refractivity contribution in [2.45, 2.75) is 25.7 Å². The third kappa shape index (κ3) is 5.03. The van der Waals surface area contributed by atoms with Crippen LogP contribution in [-0.4, -0.2) is 43.5 Å². The predicted molar refractivity (Wildman–Crippen MR) is 108 cm³/mol. The van der Waals surface area contributed by atoms with Crippen molar-refractivity contribution in [3.8, 4) is 11.5 Å². The lowest BCUT2D eigenvalue weighted by Gasteiger charge is -2.27. The van der Waals surface area contributed by atoms with Crippen molar-refractivity contribution in [2.24, 2.45) is 0 Å². The van der Waals surface area contributed by atoms with Crippen molar-refractivity contribution in [2.75, 3.05) is 32.1 Å². The lowest BCUT2D eigenvalue weighted by molar-refractivity contribution is -0.116. The van der Waals surface area contributed by atoms with Gasteiger partial charge in [0.2, 0.25) is 5.91 Å². The Labute approximate surface area is 165 Å². The lowest BCUT2D eigenvalue weighted by atomic mass is 10.1. The summed E-state index contributed by atoms with van der Waals surface area (Å²) >= 11 is 0. The largest absolute Gasteiger partial charge is 0.493 e. The molecule has 1 N–H and O–H groups in total. The van der Waals surface area contributed by atoms with E-state index in [-0.39, 0.29) is 24.8 Å². The maximum absolute atomic E-state index is 12.8. The quantitative estimate of drug-likeness (QED) is 0.792. The van der Waals surface area contributed by atoms with Gasteiger partial charge in [0.05, 0.1) is 31.4 Å². The molecule has 1 aliphatic rings. The number of piperidine rings is 1. The highest BCUT2D eigenvalue weighted by Gasteiger charge is 2.21. The van der Waals surface area contributed by atoms with Gasteiger partial charge in [0, 0.05) is 13.1 Å². The average molecular weight is 382 g/mol. The molecule has 0 saturated carbocycles. The molecule has 1 saturated heterocycles. The van der Waals surface area contributed by atoms with Gasteiger partial charge in [-0.15, -0.1) is 0 Å². The molecule has 0 spiro atoms. The number of hydrogen-bond acceptors (Lipinski definition) is 4. The maximum atomic E-state index is 12.8. The van der Waals surface area contributed by atoms with E-state index in [9.17, 15) is 9.59 Å². The smallest absolute Gasteiger partial charge is 0.255 e. The van der Waals surface area contributed by atoms with Crippen molar-refractivity contribution < 1.29 is 19.1 Å². The summed E-state index contributed by atoms with van der Waals surface area (Å²) < 4.78 is 10.9. The molecule has 0 radical (unpaired) electrons. The number of carbonyl (C=O) groups excluding carboxylic acids is 2. The SMILES string of the molecule is COc1ccccc1OCCC(=O)Nc1ccccc1C(=O)N1CCCCC1. The van der Waals surface area contributed by atoms with Gasteiger partial charge in [0.25, 0.3) is 5.91 Å². The number of methoxy groups -OCH3 is 1. The minimum Gasteiger partial charge on any atom is -0.493 e. The molecule has 1 fully saturated rings. The molecule has 2 amide bonds. The molecule has 3 rings (SSSR count). The van der Waals surface area contributed by atoms with E-state index in [2.05, 4.69) is 5.32 Å². The number of nitrogens with one attached hydrogen (secondary N) is 1. The molecule has 6 heteroatoms. The number of nitrogens with zero attached hydrogens (tertiary/aromatic N) is 1. The van der Waals surface area contributed by atoms with E-state index in [0.717, 1.165) is 32.4 Å². The average Bonchev–Trinajstić information content (AvgIpc) is 2.74. The molecule has 0 atom stereocenters. The van der Waals surface area contributed by atoms with Crippen LogP contribution >= 0.6 is 0 Å². The van der Waals surface area contributed by atoms with Gasteiger partial charge in [-0.05, 0) is 43.5 Å². The Balaban J connectivity index is 1.57. The second-order valence-corrected chi connectivity index (χ2v) is 6.70. The van der Waals surface area contributed by atoms with Crippen LogP contribution in [0.1, 0.15) is 36.0 Å². The van der Waals surface area contributed by atoms with Crippen molar-refractivity contribution in [1.82, 2.24) is 4.90 Å². The van der Waals surface area contributed by atoms with Gasteiger partial charge in [-0.3, -0.25) is 9.59 Å². The number of ether oxygens (including phenoxy) is 2. The standard InChI is InChI=1S/C22H26N2O4/c1-27-19-11-5-6-12-20(19)28-16-13-21(25)23-18-10-4-3-9-17(18)22(26)24-14-7-2-8-15-24/h3-6,9-12H,2,7-8,13-16H2,1H3,(H,23,25). The fourth-order valence-electron chi connectivity index (χ4n) is 3.25. The summed E-state index contributed by atoms with van der Waals surface area (Å²) in [7, 11) is 1.57. The van der Waals surface area contributed by atoms with Gasteiger partial charge in [0.15, 0.2) is 11.5 Å². The first-order chi connectivity index (χ1) is 13.7. The van der Waals surface area contributed by atoms with E-state index in [1.165, 1.54) is 0 Å². The first-order valence-electron chi connectivity index (χ1n) is 9.63. The summed E-state index contributed by atoms with van der Waals surface area (Å²) in [5, 5.41) is 2.85. The minimum atomic E-state index is -0.200. The molecule has 6 nitrogen and oxygen atoms in total. The van der Waals surface area contributed by atoms with Gasteiger partial charge in [0.1, 0.15) is 0 Å². The highest BCUT2D eigenvalue weighted by atomic mass is 16.5. The molecule has 1 aliphatic heterocycles. The Morgan fingerprint density at radius 3 is 2.39 bits per heavy atom. The summed E-state index contributed by atoms with van der Waals surface area (Å²) in [6.07, 6.45) is 3.39. The van der Waals surface area contributed by atoms with Crippen LogP contribution in [0.25, 0.3) is 0 Å². The number of hydrogen-bond donors (Lipinski definition) is 1. The van der Waals surface area contributed by atoms with E-state index in [1.807, 2.05) is 29.2 Å². The molecule has 0 aromatic heterocycles. The Hall–Kier alpha value is -3.02. The normalized spacial score (nSPS) is 13.7. The molecule has 2 aromatic carbocycles. The molecular weight excluding hydrogens is 356 g/mol. The van der Waals surface area contributed by atoms with Gasteiger partial charge < -0.3 is 19.7 Å². The fourth-order valence-corrected chi connectivity index (χ4v) is 3.25. The Bertz CT molecular complexity index is 816. The van der Waals surface area contributed by atoms with Gasteiger partial charge in [-0.25, -0.2) is 0 Å². The summed E-state index contributed by atoms with van der Waals surface area (Å²) in [6, 6.07) is 14.5. The minimum absolute atomic E-state index is 0.0270. The van der Waals surface area contributed by atoms with Gasteiger partial charge in [-0.1, -0.05) is 24.3 Å². The van der Waals surface area contributed by atoms with Crippen LogP contribution in [0.15, 0.2) is 48.5 Å². The summed E-state index contributed by atoms with van der Waals surface area (Å²) in [4.78, 5) is 27.0. The summed E-state index contributed by atoms with van der Waals surface area (Å²) in [6.45, 7) is 1.76. The van der Waals surface area contributed by atoms with Crippen LogP contribution in [0, 0.1) is 0 Å². The van der Waals surface area contributed by atoms with Gasteiger partial charge in [-0.2, -0.15) is 0 Å². The lowest BCUT2D eigenvalue weighted by Crippen LogP contribution is -2.36. The van der Waals surface area contributed by atoms with E-state index < -0.39 is 0 Å². The second-order valence-electron chi connectivity index (χ2n) is 6.70. The van der Waals surface area contributed by atoms with E-state index in [1.54, 1.807) is 31.4 Å². The monoisotopic (exact) mass is 382 g/mol. The number of likely N-dealkylation sites (tertiary alicyclic amines) is 1. The maximum Gasteiger partial charge on any atom is 0.255 e. The molecule has 2 aromatic rings. The van der Waals surface area contributed by atoms with Crippen molar-refractivity contribution >= 4 is 17.5 Å². The van der Waals surface area contributed by atoms with Gasteiger partial charge >= 0.3 is 0 Å². The number of amides is 2. The number of anilines is 1. The van der Waals surface area contributed by atoms with Crippen LogP contribution in [0.4, 0.5) is 5.69 Å². The summed E-state index contributed by atoms with van der Waals surface area (Å²) in [5.74, 6) is 0.994. The fraction of sp³-hybridized carbons (Fsp3) is 0.364. The third-order valence-corrected chi connectivity index (χ3v) is 4.73. The number of para-hydroxylation sites is 3. The number of benzene rings is 2. The van der Waals surface area contributed by atoms with E-state index >= 15 is 0 Å². The van der Waals surface area contributed by atoms with Crippen LogP contribution in [0.5, 0.6) is 11.5 Å².